The average Bonchev–Trinajstić information content (AvgIpc) is 2.59. The van der Waals surface area contributed by atoms with Crippen molar-refractivity contribution in [2.75, 3.05) is 6.61 Å². The molecule has 1 heterocycles. The third-order valence-electron chi connectivity index (χ3n) is 5.59. The first-order chi connectivity index (χ1) is 13.0. The molecule has 2 rings (SSSR count). The Morgan fingerprint density at radius 3 is 2.50 bits per heavy atom. The minimum absolute atomic E-state index is 0.0845. The summed E-state index contributed by atoms with van der Waals surface area (Å²) in [4.78, 5) is 23.4. The maximum atomic E-state index is 11.8. The summed E-state index contributed by atoms with van der Waals surface area (Å²) in [5.41, 5.74) is -0.427. The molecule has 1 fully saturated rings. The third kappa shape index (κ3) is 4.97. The van der Waals surface area contributed by atoms with Gasteiger partial charge >= 0.3 is 5.97 Å². The number of rotatable bonds is 7. The number of carboxylic acid groups (broad SMARTS) is 1. The Hall–Kier alpha value is -1.36. The molecule has 0 bridgehead atoms. The summed E-state index contributed by atoms with van der Waals surface area (Å²) >= 11 is 0. The first-order valence-corrected chi connectivity index (χ1v) is 9.41. The first-order valence-electron chi connectivity index (χ1n) is 9.41. The van der Waals surface area contributed by atoms with Gasteiger partial charge in [0.1, 0.15) is 24.4 Å². The predicted molar refractivity (Wildman–Crippen MR) is 96.2 cm³/mol. The van der Waals surface area contributed by atoms with Gasteiger partial charge in [-0.05, 0) is 37.2 Å². The number of aliphatic hydroxyl groups excluding tert-OH is 4. The second-order valence-electron chi connectivity index (χ2n) is 8.31. The number of aliphatic carboxylic acids is 1. The van der Waals surface area contributed by atoms with Crippen LogP contribution in [0.3, 0.4) is 0 Å². The zero-order valence-corrected chi connectivity index (χ0v) is 16.3. The monoisotopic (exact) mass is 402 g/mol. The van der Waals surface area contributed by atoms with Gasteiger partial charge in [0.2, 0.25) is 0 Å². The van der Waals surface area contributed by atoms with Crippen molar-refractivity contribution in [1.29, 1.82) is 0 Å². The van der Waals surface area contributed by atoms with Crippen LogP contribution >= 0.6 is 0 Å². The molecule has 5 N–H and O–H groups in total. The van der Waals surface area contributed by atoms with Crippen LogP contribution in [0.15, 0.2) is 11.6 Å². The summed E-state index contributed by atoms with van der Waals surface area (Å²) in [5, 5.41) is 48.4. The molecule has 160 valence electrons. The lowest BCUT2D eigenvalue weighted by atomic mass is 9.66. The molecule has 9 heteroatoms. The van der Waals surface area contributed by atoms with Crippen molar-refractivity contribution < 1.29 is 44.6 Å². The van der Waals surface area contributed by atoms with Gasteiger partial charge in [0, 0.05) is 12.0 Å². The quantitative estimate of drug-likeness (QED) is 0.382. The van der Waals surface area contributed by atoms with Crippen LogP contribution < -0.4 is 0 Å². The van der Waals surface area contributed by atoms with Crippen molar-refractivity contribution in [2.24, 2.45) is 11.3 Å². The summed E-state index contributed by atoms with van der Waals surface area (Å²) in [5.74, 6) is -1.67. The number of carbonyl (C=O) groups excluding carboxylic acids is 1. The van der Waals surface area contributed by atoms with E-state index < -0.39 is 54.8 Å². The van der Waals surface area contributed by atoms with Gasteiger partial charge in [-0.3, -0.25) is 4.79 Å². The topological polar surface area (TPSA) is 154 Å². The number of ether oxygens (including phenoxy) is 2. The molecule has 9 nitrogen and oxygen atoms in total. The molecule has 1 aliphatic carbocycles. The molecule has 1 unspecified atom stereocenters. The fraction of sp³-hybridized carbons (Fsp3) is 0.789. The van der Waals surface area contributed by atoms with Gasteiger partial charge in [-0.15, -0.1) is 0 Å². The minimum atomic E-state index is -1.52. The van der Waals surface area contributed by atoms with Crippen LogP contribution in [0.4, 0.5) is 0 Å². The van der Waals surface area contributed by atoms with Gasteiger partial charge in [-0.25, -0.2) is 4.79 Å². The fourth-order valence-electron chi connectivity index (χ4n) is 3.95. The highest BCUT2D eigenvalue weighted by Crippen LogP contribution is 2.43. The standard InChI is InChI=1S/C19H30O9/c1-9(27-18-16(24)15(23)14(22)13(8-20)28-18)4-5-12-11(17(25)26)6-10(21)7-19(12,2)3/h6,9,12-16,18,20,22-24H,4-5,7-8H2,1-3H3,(H,25,26)/t9?,12-,13-,14-,15+,16-,18-/m1/s1. The number of allylic oxidation sites excluding steroid dienone is 1. The predicted octanol–water partition coefficient (Wildman–Crippen LogP) is -0.402. The second-order valence-corrected chi connectivity index (χ2v) is 8.31. The molecular formula is C19H30O9. The van der Waals surface area contributed by atoms with Crippen molar-refractivity contribution in [1.82, 2.24) is 0 Å². The largest absolute Gasteiger partial charge is 0.478 e. The van der Waals surface area contributed by atoms with E-state index >= 15 is 0 Å². The smallest absolute Gasteiger partial charge is 0.331 e. The van der Waals surface area contributed by atoms with Gasteiger partial charge in [-0.1, -0.05) is 13.8 Å². The van der Waals surface area contributed by atoms with E-state index in [4.69, 9.17) is 9.47 Å². The molecule has 28 heavy (non-hydrogen) atoms. The minimum Gasteiger partial charge on any atom is -0.478 e. The summed E-state index contributed by atoms with van der Waals surface area (Å²) in [7, 11) is 0. The lowest BCUT2D eigenvalue weighted by Crippen LogP contribution is -2.59. The Labute approximate surface area is 163 Å². The second kappa shape index (κ2) is 8.98. The van der Waals surface area contributed by atoms with Crippen LogP contribution in [0.5, 0.6) is 0 Å². The number of carboxylic acids is 1. The molecular weight excluding hydrogens is 372 g/mol. The number of carbonyl (C=O) groups is 2. The lowest BCUT2D eigenvalue weighted by molar-refractivity contribution is -0.310. The van der Waals surface area contributed by atoms with E-state index in [2.05, 4.69) is 0 Å². The van der Waals surface area contributed by atoms with Crippen molar-refractivity contribution in [2.45, 2.75) is 76.8 Å². The molecule has 0 spiro atoms. The summed E-state index contributed by atoms with van der Waals surface area (Å²) in [6, 6.07) is 0. The molecule has 2 aliphatic rings. The molecule has 0 saturated carbocycles. The molecule has 7 atom stereocenters. The van der Waals surface area contributed by atoms with Gasteiger partial charge in [-0.2, -0.15) is 0 Å². The highest BCUT2D eigenvalue weighted by atomic mass is 16.7. The van der Waals surface area contributed by atoms with E-state index in [9.17, 15) is 35.1 Å². The molecule has 0 aromatic carbocycles. The van der Waals surface area contributed by atoms with Crippen LogP contribution in [0.2, 0.25) is 0 Å². The van der Waals surface area contributed by atoms with E-state index in [1.807, 2.05) is 13.8 Å². The van der Waals surface area contributed by atoms with Crippen molar-refractivity contribution in [3.05, 3.63) is 11.6 Å². The Balaban J connectivity index is 2.01. The third-order valence-corrected chi connectivity index (χ3v) is 5.59. The summed E-state index contributed by atoms with van der Waals surface area (Å²) in [6.45, 7) is 4.88. The van der Waals surface area contributed by atoms with Crippen molar-refractivity contribution in [3.8, 4) is 0 Å². The molecule has 0 radical (unpaired) electrons. The van der Waals surface area contributed by atoms with Crippen LogP contribution in [0, 0.1) is 11.3 Å². The summed E-state index contributed by atoms with van der Waals surface area (Å²) in [6.07, 6.45) is -4.91. The van der Waals surface area contributed by atoms with Crippen molar-refractivity contribution in [3.63, 3.8) is 0 Å². The lowest BCUT2D eigenvalue weighted by Gasteiger charge is -2.41. The highest BCUT2D eigenvalue weighted by Gasteiger charge is 2.45. The Bertz CT molecular complexity index is 613. The average molecular weight is 402 g/mol. The van der Waals surface area contributed by atoms with Gasteiger partial charge in [0.15, 0.2) is 12.1 Å². The maximum Gasteiger partial charge on any atom is 0.331 e. The van der Waals surface area contributed by atoms with Gasteiger partial charge in [0.05, 0.1) is 12.7 Å². The van der Waals surface area contributed by atoms with E-state index in [-0.39, 0.29) is 23.7 Å². The number of ketones is 1. The van der Waals surface area contributed by atoms with Crippen LogP contribution in [0.25, 0.3) is 0 Å². The van der Waals surface area contributed by atoms with Crippen LogP contribution in [-0.4, -0.2) is 80.7 Å². The molecule has 1 saturated heterocycles. The number of hydrogen-bond acceptors (Lipinski definition) is 8. The van der Waals surface area contributed by atoms with Gasteiger partial charge < -0.3 is 35.0 Å². The molecule has 1 aliphatic heterocycles. The van der Waals surface area contributed by atoms with Gasteiger partial charge in [0.25, 0.3) is 0 Å². The van der Waals surface area contributed by atoms with Crippen molar-refractivity contribution >= 4 is 11.8 Å². The first kappa shape index (κ1) is 22.9. The molecule has 0 amide bonds. The van der Waals surface area contributed by atoms with E-state index in [0.29, 0.717) is 12.8 Å². The zero-order valence-electron chi connectivity index (χ0n) is 16.3. The number of aliphatic hydroxyl groups is 4. The van der Waals surface area contributed by atoms with Crippen LogP contribution in [-0.2, 0) is 19.1 Å². The molecule has 0 aromatic heterocycles. The summed E-state index contributed by atoms with van der Waals surface area (Å²) < 4.78 is 11.0. The van der Waals surface area contributed by atoms with E-state index in [0.717, 1.165) is 0 Å². The SMILES string of the molecule is CC(CC[C@@H]1C(C(=O)O)=CC(=O)CC1(C)C)O[C@@H]1O[C@H](CO)[C@@H](O)[C@H](O)[C@H]1O. The Kier molecular flexibility index (Phi) is 7.35. The Morgan fingerprint density at radius 2 is 1.93 bits per heavy atom. The van der Waals surface area contributed by atoms with Crippen LogP contribution in [0.1, 0.15) is 40.0 Å². The van der Waals surface area contributed by atoms with E-state index in [1.165, 1.54) is 6.08 Å². The maximum absolute atomic E-state index is 11.8. The normalized spacial score (nSPS) is 36.7. The highest BCUT2D eigenvalue weighted by molar-refractivity contribution is 6.01. The molecule has 0 aromatic rings. The fourth-order valence-corrected chi connectivity index (χ4v) is 3.95. The number of hydrogen-bond donors (Lipinski definition) is 5. The Morgan fingerprint density at radius 1 is 1.29 bits per heavy atom. The van der Waals surface area contributed by atoms with E-state index in [1.54, 1.807) is 6.92 Å². The zero-order chi connectivity index (χ0) is 21.2.